The highest BCUT2D eigenvalue weighted by Gasteiger charge is 2.18. The summed E-state index contributed by atoms with van der Waals surface area (Å²) in [5, 5.41) is 20.4. The van der Waals surface area contributed by atoms with Gasteiger partial charge < -0.3 is 31.7 Å². The second-order valence-corrected chi connectivity index (χ2v) is 7.52. The van der Waals surface area contributed by atoms with Crippen molar-refractivity contribution in [1.82, 2.24) is 15.6 Å². The van der Waals surface area contributed by atoms with E-state index in [1.165, 1.54) is 14.2 Å². The number of carbonyl (C=O) groups is 1. The number of pyridine rings is 1. The van der Waals surface area contributed by atoms with Gasteiger partial charge in [-0.15, -0.1) is 0 Å². The average molecular weight is 476 g/mol. The van der Waals surface area contributed by atoms with Crippen molar-refractivity contribution in [3.8, 4) is 5.75 Å². The van der Waals surface area contributed by atoms with E-state index < -0.39 is 0 Å². The maximum absolute atomic E-state index is 12.4. The Hall–Kier alpha value is -4.37. The van der Waals surface area contributed by atoms with Gasteiger partial charge in [0.15, 0.2) is 5.75 Å². The lowest BCUT2D eigenvalue weighted by atomic mass is 10.0. The number of aromatic nitrogens is 1. The lowest BCUT2D eigenvalue weighted by Gasteiger charge is -2.19. The molecule has 0 spiro atoms. The van der Waals surface area contributed by atoms with Crippen LogP contribution in [0.3, 0.4) is 0 Å². The second kappa shape index (κ2) is 12.8. The predicted molar refractivity (Wildman–Crippen MR) is 142 cm³/mol. The Kier molecular flexibility index (Phi) is 9.80. The van der Waals surface area contributed by atoms with Crippen LogP contribution in [0.5, 0.6) is 5.75 Å². The van der Waals surface area contributed by atoms with Crippen LogP contribution in [0, 0.1) is 5.41 Å². The molecule has 1 amide bonds. The molecule has 1 heterocycles. The van der Waals surface area contributed by atoms with Gasteiger partial charge >= 0.3 is 0 Å². The number of carbonyl (C=O) groups excluding carboxylic acids is 1. The van der Waals surface area contributed by atoms with Crippen LogP contribution in [-0.2, 0) is 11.3 Å². The number of ether oxygens (including phenoxy) is 1. The molecule has 9 nitrogen and oxygen atoms in total. The number of nitrogens with two attached hydrogens (primary N) is 1. The van der Waals surface area contributed by atoms with E-state index in [0.29, 0.717) is 46.5 Å². The molecule has 0 radical (unpaired) electrons. The smallest absolute Gasteiger partial charge is 0.252 e. The Morgan fingerprint density at radius 3 is 2.51 bits per heavy atom. The van der Waals surface area contributed by atoms with Crippen LogP contribution in [0.1, 0.15) is 18.1 Å². The van der Waals surface area contributed by atoms with Crippen LogP contribution in [0.4, 0.5) is 11.5 Å². The SMILES string of the molecule is C=C(/C=C(/Nc1cccc(C(=N)/C(C)=C\NC)c1OC)C(=C)C(=O)NC)Nc1ccc(CN)cn1. The monoisotopic (exact) mass is 475 g/mol. The minimum absolute atomic E-state index is 0.190. The molecular formula is C26H33N7O2. The molecule has 9 heteroatoms. The molecule has 0 atom stereocenters. The predicted octanol–water partition coefficient (Wildman–Crippen LogP) is 3.26. The van der Waals surface area contributed by atoms with Gasteiger partial charge in [-0.2, -0.15) is 0 Å². The van der Waals surface area contributed by atoms with E-state index >= 15 is 0 Å². The van der Waals surface area contributed by atoms with E-state index in [4.69, 9.17) is 15.9 Å². The van der Waals surface area contributed by atoms with Crippen molar-refractivity contribution in [2.24, 2.45) is 5.73 Å². The third-order valence-corrected chi connectivity index (χ3v) is 5.01. The van der Waals surface area contributed by atoms with Crippen molar-refractivity contribution in [1.29, 1.82) is 5.41 Å². The van der Waals surface area contributed by atoms with Gasteiger partial charge in [-0.25, -0.2) is 4.98 Å². The highest BCUT2D eigenvalue weighted by molar-refractivity contribution is 6.12. The highest BCUT2D eigenvalue weighted by Crippen LogP contribution is 2.32. The van der Waals surface area contributed by atoms with Gasteiger partial charge in [0.05, 0.1) is 29.8 Å². The summed E-state index contributed by atoms with van der Waals surface area (Å²) in [6.45, 7) is 10.2. The molecule has 2 rings (SSSR count). The van der Waals surface area contributed by atoms with Crippen LogP contribution < -0.4 is 31.7 Å². The molecule has 0 fully saturated rings. The van der Waals surface area contributed by atoms with Crippen LogP contribution in [0.2, 0.25) is 0 Å². The van der Waals surface area contributed by atoms with Crippen molar-refractivity contribution in [3.05, 3.63) is 95.6 Å². The summed E-state index contributed by atoms with van der Waals surface area (Å²) in [7, 11) is 4.83. The van der Waals surface area contributed by atoms with E-state index in [-0.39, 0.29) is 11.5 Å². The number of likely N-dealkylation sites (N-methyl/N-ethyl adjacent to an activating group) is 1. The number of benzene rings is 1. The number of rotatable bonds is 12. The molecule has 0 aliphatic heterocycles. The largest absolute Gasteiger partial charge is 0.494 e. The first-order valence-corrected chi connectivity index (χ1v) is 10.9. The van der Waals surface area contributed by atoms with E-state index in [1.54, 1.807) is 49.8 Å². The lowest BCUT2D eigenvalue weighted by molar-refractivity contribution is -0.116. The first kappa shape index (κ1) is 26.9. The van der Waals surface area contributed by atoms with E-state index in [2.05, 4.69) is 39.4 Å². The molecule has 35 heavy (non-hydrogen) atoms. The number of hydrogen-bond donors (Lipinski definition) is 6. The number of nitrogens with zero attached hydrogens (tertiary/aromatic N) is 1. The minimum Gasteiger partial charge on any atom is -0.494 e. The Labute approximate surface area is 206 Å². The fourth-order valence-corrected chi connectivity index (χ4v) is 3.16. The van der Waals surface area contributed by atoms with Crippen LogP contribution in [-0.4, -0.2) is 37.8 Å². The maximum atomic E-state index is 12.4. The summed E-state index contributed by atoms with van der Waals surface area (Å²) in [6.07, 6.45) is 5.07. The molecule has 2 aromatic rings. The van der Waals surface area contributed by atoms with Gasteiger partial charge in [-0.3, -0.25) is 10.2 Å². The molecule has 0 saturated heterocycles. The number of anilines is 2. The standard InChI is InChI=1S/C26H33N7O2/c1-16(14-29-4)24(28)20-8-7-9-21(25(20)35-6)33-22(18(3)26(34)30-5)12-17(2)32-23-11-10-19(13-27)15-31-23/h7-12,14-15,28-29,33H,2-3,13,27H2,1,4-6H3,(H,30,34)(H,31,32)/b16-14-,22-12+,28-24?. The van der Waals surface area contributed by atoms with Crippen molar-refractivity contribution in [3.63, 3.8) is 0 Å². The average Bonchev–Trinajstić information content (AvgIpc) is 2.87. The van der Waals surface area contributed by atoms with Crippen molar-refractivity contribution in [2.75, 3.05) is 31.8 Å². The number of nitrogens with one attached hydrogen (secondary N) is 5. The molecule has 0 saturated carbocycles. The number of para-hydroxylation sites is 1. The molecule has 1 aromatic carbocycles. The van der Waals surface area contributed by atoms with Gasteiger partial charge in [-0.05, 0) is 42.3 Å². The van der Waals surface area contributed by atoms with Gasteiger partial charge in [0.25, 0.3) is 5.91 Å². The molecule has 0 unspecified atom stereocenters. The zero-order valence-corrected chi connectivity index (χ0v) is 20.6. The first-order valence-electron chi connectivity index (χ1n) is 10.9. The van der Waals surface area contributed by atoms with Gasteiger partial charge in [-0.1, -0.05) is 25.3 Å². The first-order chi connectivity index (χ1) is 16.7. The van der Waals surface area contributed by atoms with E-state index in [1.807, 2.05) is 13.0 Å². The number of hydrogen-bond acceptors (Lipinski definition) is 8. The Morgan fingerprint density at radius 1 is 1.20 bits per heavy atom. The summed E-state index contributed by atoms with van der Waals surface area (Å²) in [5.74, 6) is 0.667. The zero-order chi connectivity index (χ0) is 26.0. The molecule has 184 valence electrons. The van der Waals surface area contributed by atoms with Crippen LogP contribution in [0.15, 0.2) is 84.5 Å². The minimum atomic E-state index is -0.363. The van der Waals surface area contributed by atoms with Crippen LogP contribution in [0.25, 0.3) is 0 Å². The molecule has 0 aliphatic rings. The van der Waals surface area contributed by atoms with Crippen molar-refractivity contribution >= 4 is 23.1 Å². The normalized spacial score (nSPS) is 11.3. The number of methoxy groups -OCH3 is 1. The van der Waals surface area contributed by atoms with Crippen molar-refractivity contribution < 1.29 is 9.53 Å². The van der Waals surface area contributed by atoms with E-state index in [0.717, 1.165) is 11.1 Å². The summed E-state index contributed by atoms with van der Waals surface area (Å²) in [5.41, 5.74) is 9.77. The topological polar surface area (TPSA) is 137 Å². The second-order valence-electron chi connectivity index (χ2n) is 7.52. The van der Waals surface area contributed by atoms with E-state index in [9.17, 15) is 4.79 Å². The fraction of sp³-hybridized carbons (Fsp3) is 0.192. The van der Waals surface area contributed by atoms with Gasteiger partial charge in [0.2, 0.25) is 0 Å². The number of allylic oxidation sites excluding steroid dienone is 2. The molecule has 7 N–H and O–H groups in total. The van der Waals surface area contributed by atoms with Gasteiger partial charge in [0.1, 0.15) is 5.82 Å². The maximum Gasteiger partial charge on any atom is 0.252 e. The van der Waals surface area contributed by atoms with Crippen LogP contribution >= 0.6 is 0 Å². The molecular weight excluding hydrogens is 442 g/mol. The number of amides is 1. The lowest BCUT2D eigenvalue weighted by Crippen LogP contribution is -2.23. The Balaban J connectivity index is 2.43. The fourth-order valence-electron chi connectivity index (χ4n) is 3.16. The highest BCUT2D eigenvalue weighted by atomic mass is 16.5. The Morgan fingerprint density at radius 2 is 1.94 bits per heavy atom. The summed E-state index contributed by atoms with van der Waals surface area (Å²) < 4.78 is 5.65. The quantitative estimate of drug-likeness (QED) is 0.157. The summed E-state index contributed by atoms with van der Waals surface area (Å²) in [4.78, 5) is 16.7. The molecule has 0 bridgehead atoms. The van der Waals surface area contributed by atoms with Crippen molar-refractivity contribution in [2.45, 2.75) is 13.5 Å². The molecule has 1 aromatic heterocycles. The summed E-state index contributed by atoms with van der Waals surface area (Å²) in [6, 6.07) is 9.05. The third kappa shape index (κ3) is 7.05. The third-order valence-electron chi connectivity index (χ3n) is 5.01. The summed E-state index contributed by atoms with van der Waals surface area (Å²) >= 11 is 0. The molecule has 0 aliphatic carbocycles. The zero-order valence-electron chi connectivity index (χ0n) is 20.6. The van der Waals surface area contributed by atoms with Gasteiger partial charge in [0, 0.05) is 44.3 Å². The Bertz CT molecular complexity index is 1160.